The van der Waals surface area contributed by atoms with Gasteiger partial charge in [-0.05, 0) is 63.4 Å². The van der Waals surface area contributed by atoms with E-state index in [1.165, 1.54) is 11.1 Å². The monoisotopic (exact) mass is 276 g/mol. The van der Waals surface area contributed by atoms with Crippen LogP contribution in [0.2, 0.25) is 0 Å². The van der Waals surface area contributed by atoms with Crippen molar-refractivity contribution in [2.24, 2.45) is 5.73 Å². The molecule has 0 fully saturated rings. The molecule has 1 aromatic carbocycles. The van der Waals surface area contributed by atoms with Crippen LogP contribution in [0.5, 0.6) is 5.75 Å². The maximum atomic E-state index is 6.55. The molecule has 1 aliphatic carbocycles. The summed E-state index contributed by atoms with van der Waals surface area (Å²) in [5, 5.41) is 0. The summed E-state index contributed by atoms with van der Waals surface area (Å²) < 4.78 is 5.31. The molecule has 20 heavy (non-hydrogen) atoms. The molecule has 0 aromatic heterocycles. The summed E-state index contributed by atoms with van der Waals surface area (Å²) in [6, 6.07) is 6.78. The van der Waals surface area contributed by atoms with E-state index >= 15 is 0 Å². The van der Waals surface area contributed by atoms with Crippen LogP contribution in [0.1, 0.15) is 50.8 Å². The fourth-order valence-corrected chi connectivity index (χ4v) is 3.07. The standard InChI is InChI=1S/C17H28N2O/c1-6-17(2,3)19(4)15-10-7-12-11-13(20-5)8-9-14(12)16(15)18/h8-9,11,15-16H,6-7,10,18H2,1-5H3. The van der Waals surface area contributed by atoms with Crippen LogP contribution in [0, 0.1) is 0 Å². The largest absolute Gasteiger partial charge is 0.497 e. The van der Waals surface area contributed by atoms with Crippen molar-refractivity contribution in [3.05, 3.63) is 29.3 Å². The van der Waals surface area contributed by atoms with E-state index in [0.29, 0.717) is 6.04 Å². The molecule has 1 aromatic rings. The molecule has 2 rings (SSSR count). The first-order valence-corrected chi connectivity index (χ1v) is 7.56. The minimum absolute atomic E-state index is 0.0838. The second-order valence-electron chi connectivity index (χ2n) is 6.47. The second-order valence-corrected chi connectivity index (χ2v) is 6.47. The van der Waals surface area contributed by atoms with Crippen molar-refractivity contribution in [1.82, 2.24) is 4.90 Å². The van der Waals surface area contributed by atoms with Gasteiger partial charge in [-0.3, -0.25) is 4.90 Å². The molecule has 112 valence electrons. The zero-order valence-electron chi connectivity index (χ0n) is 13.4. The highest BCUT2D eigenvalue weighted by atomic mass is 16.5. The predicted octanol–water partition coefficient (Wildman–Crippen LogP) is 3.13. The molecule has 2 unspecified atom stereocenters. The average Bonchev–Trinajstić information content (AvgIpc) is 2.46. The first-order valence-electron chi connectivity index (χ1n) is 7.56. The van der Waals surface area contributed by atoms with Crippen LogP contribution in [0.3, 0.4) is 0 Å². The van der Waals surface area contributed by atoms with Crippen LogP contribution in [0.25, 0.3) is 0 Å². The van der Waals surface area contributed by atoms with Gasteiger partial charge in [0.15, 0.2) is 0 Å². The van der Waals surface area contributed by atoms with Gasteiger partial charge in [0, 0.05) is 17.6 Å². The van der Waals surface area contributed by atoms with E-state index in [4.69, 9.17) is 10.5 Å². The van der Waals surface area contributed by atoms with Crippen LogP contribution >= 0.6 is 0 Å². The Balaban J connectivity index is 2.25. The lowest BCUT2D eigenvalue weighted by molar-refractivity contribution is 0.0729. The molecule has 1 aliphatic rings. The fourth-order valence-electron chi connectivity index (χ4n) is 3.07. The molecule has 0 bridgehead atoms. The summed E-state index contributed by atoms with van der Waals surface area (Å²) in [4.78, 5) is 2.46. The summed E-state index contributed by atoms with van der Waals surface area (Å²) in [5.74, 6) is 0.927. The zero-order chi connectivity index (χ0) is 14.9. The number of aryl methyl sites for hydroxylation is 1. The number of benzene rings is 1. The van der Waals surface area contributed by atoms with E-state index in [-0.39, 0.29) is 11.6 Å². The number of fused-ring (bicyclic) bond motifs is 1. The smallest absolute Gasteiger partial charge is 0.119 e. The predicted molar refractivity (Wildman–Crippen MR) is 84.2 cm³/mol. The lowest BCUT2D eigenvalue weighted by Gasteiger charge is -2.45. The Bertz CT molecular complexity index is 470. The molecule has 0 spiro atoms. The lowest BCUT2D eigenvalue weighted by atomic mass is 9.82. The van der Waals surface area contributed by atoms with Gasteiger partial charge in [-0.2, -0.15) is 0 Å². The molecule has 3 nitrogen and oxygen atoms in total. The summed E-state index contributed by atoms with van der Waals surface area (Å²) in [7, 11) is 3.92. The third-order valence-electron chi connectivity index (χ3n) is 5.15. The molecule has 2 atom stereocenters. The van der Waals surface area contributed by atoms with Crippen molar-refractivity contribution in [3.8, 4) is 5.75 Å². The summed E-state index contributed by atoms with van der Waals surface area (Å²) in [6.45, 7) is 6.83. The minimum Gasteiger partial charge on any atom is -0.497 e. The number of ether oxygens (including phenoxy) is 1. The van der Waals surface area contributed by atoms with Gasteiger partial charge in [0.25, 0.3) is 0 Å². The van der Waals surface area contributed by atoms with Gasteiger partial charge in [0.1, 0.15) is 5.75 Å². The number of rotatable bonds is 4. The highest BCUT2D eigenvalue weighted by Crippen LogP contribution is 2.35. The molecular weight excluding hydrogens is 248 g/mol. The Morgan fingerprint density at radius 1 is 1.40 bits per heavy atom. The summed E-state index contributed by atoms with van der Waals surface area (Å²) >= 11 is 0. The molecule has 0 heterocycles. The first kappa shape index (κ1) is 15.3. The Kier molecular flexibility index (Phi) is 4.40. The zero-order valence-corrected chi connectivity index (χ0v) is 13.4. The number of hydrogen-bond donors (Lipinski definition) is 1. The number of nitrogens with two attached hydrogens (primary N) is 1. The first-order chi connectivity index (χ1) is 9.40. The van der Waals surface area contributed by atoms with E-state index in [9.17, 15) is 0 Å². The number of methoxy groups -OCH3 is 1. The van der Waals surface area contributed by atoms with E-state index in [0.717, 1.165) is 25.0 Å². The molecule has 0 saturated carbocycles. The van der Waals surface area contributed by atoms with E-state index in [1.54, 1.807) is 7.11 Å². The van der Waals surface area contributed by atoms with Crippen LogP contribution < -0.4 is 10.5 Å². The van der Waals surface area contributed by atoms with Crippen LogP contribution in [-0.2, 0) is 6.42 Å². The van der Waals surface area contributed by atoms with Crippen molar-refractivity contribution in [2.45, 2.75) is 57.7 Å². The summed E-state index contributed by atoms with van der Waals surface area (Å²) in [5.41, 5.74) is 9.36. The van der Waals surface area contributed by atoms with Crippen molar-refractivity contribution >= 4 is 0 Å². The molecule has 2 N–H and O–H groups in total. The second kappa shape index (κ2) is 5.74. The van der Waals surface area contributed by atoms with Gasteiger partial charge in [0.05, 0.1) is 7.11 Å². The van der Waals surface area contributed by atoms with Crippen molar-refractivity contribution < 1.29 is 4.74 Å². The third-order valence-corrected chi connectivity index (χ3v) is 5.15. The minimum atomic E-state index is 0.0838. The number of likely N-dealkylation sites (N-methyl/N-ethyl adjacent to an activating group) is 1. The van der Waals surface area contributed by atoms with Crippen LogP contribution in [-0.4, -0.2) is 30.6 Å². The van der Waals surface area contributed by atoms with Gasteiger partial charge >= 0.3 is 0 Å². The topological polar surface area (TPSA) is 38.5 Å². The van der Waals surface area contributed by atoms with Gasteiger partial charge < -0.3 is 10.5 Å². The van der Waals surface area contributed by atoms with Crippen molar-refractivity contribution in [1.29, 1.82) is 0 Å². The molecular formula is C17H28N2O. The Morgan fingerprint density at radius 3 is 2.70 bits per heavy atom. The molecule has 3 heteroatoms. The lowest BCUT2D eigenvalue weighted by Crippen LogP contribution is -2.52. The quantitative estimate of drug-likeness (QED) is 0.918. The molecule has 0 amide bonds. The van der Waals surface area contributed by atoms with Gasteiger partial charge in [-0.15, -0.1) is 0 Å². The number of nitrogens with zero attached hydrogens (tertiary/aromatic N) is 1. The maximum absolute atomic E-state index is 6.55. The van der Waals surface area contributed by atoms with E-state index in [2.05, 4.69) is 44.9 Å². The summed E-state index contributed by atoms with van der Waals surface area (Å²) in [6.07, 6.45) is 3.32. The van der Waals surface area contributed by atoms with Gasteiger partial charge in [-0.25, -0.2) is 0 Å². The van der Waals surface area contributed by atoms with E-state index in [1.807, 2.05) is 6.07 Å². The van der Waals surface area contributed by atoms with Crippen molar-refractivity contribution in [3.63, 3.8) is 0 Å². The van der Waals surface area contributed by atoms with Crippen LogP contribution in [0.4, 0.5) is 0 Å². The van der Waals surface area contributed by atoms with E-state index < -0.39 is 0 Å². The molecule has 0 saturated heterocycles. The molecule has 0 aliphatic heterocycles. The SMILES string of the molecule is CCC(C)(C)N(C)C1CCc2cc(OC)ccc2C1N. The Labute approximate surface area is 123 Å². The highest BCUT2D eigenvalue weighted by molar-refractivity contribution is 5.40. The van der Waals surface area contributed by atoms with Crippen molar-refractivity contribution in [2.75, 3.05) is 14.2 Å². The van der Waals surface area contributed by atoms with Gasteiger partial charge in [0.2, 0.25) is 0 Å². The average molecular weight is 276 g/mol. The fraction of sp³-hybridized carbons (Fsp3) is 0.647. The van der Waals surface area contributed by atoms with Crippen LogP contribution in [0.15, 0.2) is 18.2 Å². The third kappa shape index (κ3) is 2.70. The normalized spacial score (nSPS) is 22.8. The Morgan fingerprint density at radius 2 is 2.10 bits per heavy atom. The molecule has 0 radical (unpaired) electrons. The Hall–Kier alpha value is -1.06. The van der Waals surface area contributed by atoms with Gasteiger partial charge in [-0.1, -0.05) is 13.0 Å². The highest BCUT2D eigenvalue weighted by Gasteiger charge is 2.35. The number of hydrogen-bond acceptors (Lipinski definition) is 3. The maximum Gasteiger partial charge on any atom is 0.119 e.